The monoisotopic (exact) mass is 458 g/mol. The summed E-state index contributed by atoms with van der Waals surface area (Å²) < 4.78 is 5.17. The third kappa shape index (κ3) is 4.77. The average Bonchev–Trinajstić information content (AvgIpc) is 2.93. The van der Waals surface area contributed by atoms with E-state index < -0.39 is 0 Å². The molecule has 2 aromatic carbocycles. The second kappa shape index (κ2) is 9.97. The molecule has 170 valence electrons. The first-order valence-corrected chi connectivity index (χ1v) is 11.1. The van der Waals surface area contributed by atoms with Crippen molar-refractivity contribution in [2.75, 3.05) is 7.11 Å². The normalized spacial score (nSPS) is 10.5. The summed E-state index contributed by atoms with van der Waals surface area (Å²) in [5.41, 5.74) is 7.47. The van der Waals surface area contributed by atoms with E-state index in [1.165, 1.54) is 6.07 Å². The summed E-state index contributed by atoms with van der Waals surface area (Å²) in [4.78, 5) is 27.3. The highest BCUT2D eigenvalue weighted by Gasteiger charge is 2.07. The van der Waals surface area contributed by atoms with Gasteiger partial charge >= 0.3 is 0 Å². The number of fused-ring (bicyclic) bond motifs is 2. The maximum Gasteiger partial charge on any atom is 0.248 e. The fourth-order valence-electron chi connectivity index (χ4n) is 3.89. The molecule has 0 saturated heterocycles. The number of nitrogens with one attached hydrogen (secondary N) is 1. The van der Waals surface area contributed by atoms with Gasteiger partial charge in [0.25, 0.3) is 0 Å². The lowest BCUT2D eigenvalue weighted by Gasteiger charge is -2.06. The van der Waals surface area contributed by atoms with Crippen LogP contribution in [0, 0.1) is 0 Å². The third-order valence-corrected chi connectivity index (χ3v) is 5.56. The summed E-state index contributed by atoms with van der Waals surface area (Å²) in [7, 11) is 1.62. The van der Waals surface area contributed by atoms with Crippen molar-refractivity contribution in [3.8, 4) is 28.1 Å². The Bertz CT molecular complexity index is 1650. The summed E-state index contributed by atoms with van der Waals surface area (Å²) in [6.45, 7) is 0. The molecule has 6 aromatic rings. The van der Waals surface area contributed by atoms with Gasteiger partial charge in [0.05, 0.1) is 23.7 Å². The van der Waals surface area contributed by atoms with Crippen LogP contribution in [0.15, 0.2) is 114 Å². The zero-order chi connectivity index (χ0) is 24.0. The summed E-state index contributed by atoms with van der Waals surface area (Å²) >= 11 is 0. The van der Waals surface area contributed by atoms with Crippen LogP contribution in [0.2, 0.25) is 0 Å². The molecule has 0 radical (unpaired) electrons. The Balaban J connectivity index is 0.000000145. The first-order chi connectivity index (χ1) is 17.2. The second-order valence-electron chi connectivity index (χ2n) is 7.75. The van der Waals surface area contributed by atoms with Crippen molar-refractivity contribution in [2.45, 2.75) is 0 Å². The van der Waals surface area contributed by atoms with E-state index in [2.05, 4.69) is 32.1 Å². The fourth-order valence-corrected chi connectivity index (χ4v) is 3.89. The van der Waals surface area contributed by atoms with Crippen LogP contribution in [0.3, 0.4) is 0 Å². The van der Waals surface area contributed by atoms with Crippen molar-refractivity contribution in [3.05, 3.63) is 120 Å². The van der Waals surface area contributed by atoms with Crippen molar-refractivity contribution in [1.82, 2.24) is 19.9 Å². The van der Waals surface area contributed by atoms with Crippen LogP contribution in [-0.4, -0.2) is 27.0 Å². The van der Waals surface area contributed by atoms with Gasteiger partial charge in [0.15, 0.2) is 0 Å². The number of aromatic nitrogens is 4. The summed E-state index contributed by atoms with van der Waals surface area (Å²) in [5, 5.41) is 0. The quantitative estimate of drug-likeness (QED) is 0.357. The molecule has 1 N–H and O–H groups in total. The van der Waals surface area contributed by atoms with Crippen molar-refractivity contribution >= 4 is 22.1 Å². The van der Waals surface area contributed by atoms with E-state index in [0.717, 1.165) is 44.3 Å². The predicted octanol–water partition coefficient (Wildman–Crippen LogP) is 5.90. The van der Waals surface area contributed by atoms with Crippen molar-refractivity contribution in [1.29, 1.82) is 0 Å². The number of nitrogens with zero attached hydrogens (tertiary/aromatic N) is 3. The SMILES string of the molecule is COc1ccc2nccc(-c3ccccc3)c2n1.O=c1ccc2nccc(-c3ccccc3)c2[nH]1. The van der Waals surface area contributed by atoms with Gasteiger partial charge in [-0.1, -0.05) is 60.7 Å². The molecule has 0 spiro atoms. The number of aromatic amines is 1. The minimum atomic E-state index is -0.109. The number of methoxy groups -OCH3 is 1. The molecule has 0 amide bonds. The molecule has 0 aliphatic heterocycles. The lowest BCUT2D eigenvalue weighted by molar-refractivity contribution is 0.399. The first kappa shape index (κ1) is 22.0. The number of hydrogen-bond acceptors (Lipinski definition) is 5. The van der Waals surface area contributed by atoms with E-state index in [-0.39, 0.29) is 5.56 Å². The maximum atomic E-state index is 11.4. The van der Waals surface area contributed by atoms with Crippen LogP contribution in [0.25, 0.3) is 44.3 Å². The molecule has 35 heavy (non-hydrogen) atoms. The van der Waals surface area contributed by atoms with E-state index >= 15 is 0 Å². The molecule has 0 bridgehead atoms. The van der Waals surface area contributed by atoms with Gasteiger partial charge in [-0.25, -0.2) is 4.98 Å². The Morgan fingerprint density at radius 1 is 0.657 bits per heavy atom. The van der Waals surface area contributed by atoms with E-state index in [4.69, 9.17) is 4.74 Å². The van der Waals surface area contributed by atoms with Crippen LogP contribution in [-0.2, 0) is 0 Å². The molecule has 4 aromatic heterocycles. The number of ether oxygens (including phenoxy) is 1. The molecule has 4 heterocycles. The number of rotatable bonds is 3. The molecule has 0 fully saturated rings. The standard InChI is InChI=1S/C15H12N2O.C14H10N2O/c1-18-14-8-7-13-15(17-14)12(9-10-16-13)11-5-3-2-4-6-11;17-13-7-6-12-14(16-13)11(8-9-15-12)10-4-2-1-3-5-10/h2-10H,1H3;1-9H,(H,16,17). The largest absolute Gasteiger partial charge is 0.481 e. The van der Waals surface area contributed by atoms with Crippen LogP contribution in [0.4, 0.5) is 0 Å². The molecular weight excluding hydrogens is 436 g/mol. The zero-order valence-electron chi connectivity index (χ0n) is 19.1. The van der Waals surface area contributed by atoms with E-state index in [1.54, 1.807) is 25.6 Å². The Labute approximate surface area is 201 Å². The third-order valence-electron chi connectivity index (χ3n) is 5.56. The predicted molar refractivity (Wildman–Crippen MR) is 139 cm³/mol. The summed E-state index contributed by atoms with van der Waals surface area (Å²) in [6.07, 6.45) is 3.56. The average molecular weight is 459 g/mol. The molecule has 0 aliphatic carbocycles. The van der Waals surface area contributed by atoms with Gasteiger partial charge in [-0.05, 0) is 35.4 Å². The lowest BCUT2D eigenvalue weighted by atomic mass is 10.1. The number of H-pyrrole nitrogens is 1. The molecule has 0 aliphatic rings. The fraction of sp³-hybridized carbons (Fsp3) is 0.0345. The lowest BCUT2D eigenvalue weighted by Crippen LogP contribution is -2.03. The molecular formula is C29H22N4O2. The Morgan fingerprint density at radius 3 is 1.94 bits per heavy atom. The minimum absolute atomic E-state index is 0.109. The smallest absolute Gasteiger partial charge is 0.248 e. The van der Waals surface area contributed by atoms with Crippen molar-refractivity contribution in [2.24, 2.45) is 0 Å². The second-order valence-corrected chi connectivity index (χ2v) is 7.75. The van der Waals surface area contributed by atoms with Gasteiger partial charge in [-0.3, -0.25) is 14.8 Å². The summed E-state index contributed by atoms with van der Waals surface area (Å²) in [6, 6.07) is 31.0. The molecule has 0 atom stereocenters. The van der Waals surface area contributed by atoms with Crippen LogP contribution >= 0.6 is 0 Å². The maximum absolute atomic E-state index is 11.4. The first-order valence-electron chi connectivity index (χ1n) is 11.1. The van der Waals surface area contributed by atoms with Crippen LogP contribution in [0.5, 0.6) is 5.88 Å². The van der Waals surface area contributed by atoms with Gasteiger partial charge in [0.2, 0.25) is 11.4 Å². The van der Waals surface area contributed by atoms with Gasteiger partial charge < -0.3 is 9.72 Å². The van der Waals surface area contributed by atoms with E-state index in [1.807, 2.05) is 72.8 Å². The molecule has 6 nitrogen and oxygen atoms in total. The van der Waals surface area contributed by atoms with Crippen molar-refractivity contribution in [3.63, 3.8) is 0 Å². The Kier molecular flexibility index (Phi) is 6.26. The highest BCUT2D eigenvalue weighted by atomic mass is 16.5. The van der Waals surface area contributed by atoms with Gasteiger partial charge in [0.1, 0.15) is 5.52 Å². The minimum Gasteiger partial charge on any atom is -0.481 e. The van der Waals surface area contributed by atoms with Gasteiger partial charge in [-0.2, -0.15) is 0 Å². The molecule has 6 heteroatoms. The Morgan fingerprint density at radius 2 is 1.26 bits per heavy atom. The van der Waals surface area contributed by atoms with Gasteiger partial charge in [-0.15, -0.1) is 0 Å². The molecule has 0 unspecified atom stereocenters. The van der Waals surface area contributed by atoms with Crippen LogP contribution in [0.1, 0.15) is 0 Å². The summed E-state index contributed by atoms with van der Waals surface area (Å²) in [5.74, 6) is 0.604. The highest BCUT2D eigenvalue weighted by molar-refractivity contribution is 5.92. The highest BCUT2D eigenvalue weighted by Crippen LogP contribution is 2.27. The van der Waals surface area contributed by atoms with E-state index in [9.17, 15) is 4.79 Å². The van der Waals surface area contributed by atoms with E-state index in [0.29, 0.717) is 5.88 Å². The number of benzene rings is 2. The van der Waals surface area contributed by atoms with Crippen LogP contribution < -0.4 is 10.3 Å². The molecule has 0 saturated carbocycles. The zero-order valence-corrected chi connectivity index (χ0v) is 19.1. The topological polar surface area (TPSA) is 80.8 Å². The van der Waals surface area contributed by atoms with Crippen molar-refractivity contribution < 1.29 is 4.74 Å². The number of pyridine rings is 4. The van der Waals surface area contributed by atoms with Gasteiger partial charge in [0, 0.05) is 35.7 Å². The molecule has 6 rings (SSSR count). The number of hydrogen-bond donors (Lipinski definition) is 1. The Hall–Kier alpha value is -4.84.